The van der Waals surface area contributed by atoms with Crippen LogP contribution in [0.5, 0.6) is 0 Å². The van der Waals surface area contributed by atoms with E-state index in [2.05, 4.69) is 10.6 Å². The summed E-state index contributed by atoms with van der Waals surface area (Å²) >= 11 is 0. The van der Waals surface area contributed by atoms with E-state index in [0.29, 0.717) is 18.4 Å². The highest BCUT2D eigenvalue weighted by molar-refractivity contribution is 5.99. The van der Waals surface area contributed by atoms with Crippen molar-refractivity contribution in [3.63, 3.8) is 0 Å². The number of hydrogen-bond acceptors (Lipinski definition) is 6. The Hall–Kier alpha value is -3.47. The Morgan fingerprint density at radius 3 is 2.20 bits per heavy atom. The second-order valence-corrected chi connectivity index (χ2v) is 9.32. The zero-order valence-electron chi connectivity index (χ0n) is 20.5. The van der Waals surface area contributed by atoms with Crippen molar-refractivity contribution in [2.24, 2.45) is 5.92 Å². The highest BCUT2D eigenvalue weighted by Gasteiger charge is 2.40. The van der Waals surface area contributed by atoms with E-state index in [4.69, 9.17) is 5.11 Å². The molecule has 0 saturated carbocycles. The minimum absolute atomic E-state index is 0.270. The van der Waals surface area contributed by atoms with Crippen LogP contribution in [0, 0.1) is 5.92 Å². The lowest BCUT2D eigenvalue weighted by Crippen LogP contribution is -2.56. The van der Waals surface area contributed by atoms with Crippen molar-refractivity contribution in [2.45, 2.75) is 57.8 Å². The molecule has 1 aliphatic heterocycles. The van der Waals surface area contributed by atoms with Gasteiger partial charge >= 0.3 is 11.9 Å². The molecule has 1 aliphatic rings. The van der Waals surface area contributed by atoms with E-state index in [1.807, 2.05) is 31.1 Å². The number of carboxylic acid groups (broad SMARTS) is 2. The largest absolute Gasteiger partial charge is 0.481 e. The molecule has 0 unspecified atom stereocenters. The first kappa shape index (κ1) is 27.8. The first-order chi connectivity index (χ1) is 16.4. The van der Waals surface area contributed by atoms with E-state index < -0.39 is 54.2 Å². The van der Waals surface area contributed by atoms with Crippen LogP contribution >= 0.6 is 0 Å². The van der Waals surface area contributed by atoms with Crippen molar-refractivity contribution < 1.29 is 34.2 Å². The van der Waals surface area contributed by atoms with Crippen molar-refractivity contribution in [3.8, 4) is 0 Å². The number of benzene rings is 1. The highest BCUT2D eigenvalue weighted by atomic mass is 16.4. The number of nitrogens with one attached hydrogen (secondary N) is 2. The van der Waals surface area contributed by atoms with Crippen LogP contribution in [0.3, 0.4) is 0 Å². The highest BCUT2D eigenvalue weighted by Crippen LogP contribution is 2.21. The van der Waals surface area contributed by atoms with Crippen LogP contribution in [-0.4, -0.2) is 88.4 Å². The standard InChI is InChI=1S/C24H34N4O7/c1-14(2)20(26-21(31)16-9-7-15(8-10-16)13-27(3)4)23(33)28-11-5-6-18(28)22(32)25-17(24(34)35)12-19(29)30/h7-10,14,17-18,20H,5-6,11-13H2,1-4H3,(H,25,32)(H,26,31)(H,29,30)(H,34,35)/t17-,18-,20-/m0/s1. The van der Waals surface area contributed by atoms with Gasteiger partial charge in [0.2, 0.25) is 11.8 Å². The quantitative estimate of drug-likeness (QED) is 0.350. The number of carbonyl (C=O) groups excluding carboxylic acids is 3. The summed E-state index contributed by atoms with van der Waals surface area (Å²) in [6.07, 6.45) is 0.0510. The molecule has 3 amide bonds. The summed E-state index contributed by atoms with van der Waals surface area (Å²) in [7, 11) is 3.89. The van der Waals surface area contributed by atoms with E-state index in [1.165, 1.54) is 4.90 Å². The fraction of sp³-hybridized carbons (Fsp3) is 0.542. The third-order valence-electron chi connectivity index (χ3n) is 5.77. The number of carbonyl (C=O) groups is 5. The zero-order chi connectivity index (χ0) is 26.3. The zero-order valence-corrected chi connectivity index (χ0v) is 20.5. The number of rotatable bonds is 11. The van der Waals surface area contributed by atoms with Gasteiger partial charge in [-0.25, -0.2) is 4.79 Å². The maximum Gasteiger partial charge on any atom is 0.326 e. The summed E-state index contributed by atoms with van der Waals surface area (Å²) in [6.45, 7) is 4.55. The van der Waals surface area contributed by atoms with Gasteiger partial charge in [-0.15, -0.1) is 0 Å². The summed E-state index contributed by atoms with van der Waals surface area (Å²) in [5.41, 5.74) is 1.44. The van der Waals surface area contributed by atoms with Crippen molar-refractivity contribution in [2.75, 3.05) is 20.6 Å². The molecule has 4 N–H and O–H groups in total. The maximum absolute atomic E-state index is 13.4. The Morgan fingerprint density at radius 2 is 1.69 bits per heavy atom. The van der Waals surface area contributed by atoms with E-state index in [9.17, 15) is 29.1 Å². The molecule has 192 valence electrons. The first-order valence-electron chi connectivity index (χ1n) is 11.5. The Bertz CT molecular complexity index is 946. The molecule has 0 radical (unpaired) electrons. The summed E-state index contributed by atoms with van der Waals surface area (Å²) in [4.78, 5) is 64.5. The van der Waals surface area contributed by atoms with Crippen LogP contribution < -0.4 is 10.6 Å². The molecule has 1 fully saturated rings. The molecule has 0 bridgehead atoms. The lowest BCUT2D eigenvalue weighted by Gasteiger charge is -2.31. The van der Waals surface area contributed by atoms with Gasteiger partial charge in [-0.05, 0) is 50.6 Å². The molecule has 35 heavy (non-hydrogen) atoms. The Morgan fingerprint density at radius 1 is 1.06 bits per heavy atom. The molecule has 11 heteroatoms. The lowest BCUT2D eigenvalue weighted by atomic mass is 10.0. The predicted molar refractivity (Wildman–Crippen MR) is 126 cm³/mol. The molecule has 1 heterocycles. The molecule has 2 rings (SSSR count). The van der Waals surface area contributed by atoms with Crippen LogP contribution in [0.15, 0.2) is 24.3 Å². The fourth-order valence-corrected chi connectivity index (χ4v) is 3.99. The van der Waals surface area contributed by atoms with Crippen molar-refractivity contribution >= 4 is 29.7 Å². The summed E-state index contributed by atoms with van der Waals surface area (Å²) in [6, 6.07) is 3.63. The van der Waals surface area contributed by atoms with Gasteiger partial charge < -0.3 is 30.6 Å². The predicted octanol–water partition coefficient (Wildman–Crippen LogP) is 0.538. The Kier molecular flexibility index (Phi) is 9.76. The topological polar surface area (TPSA) is 156 Å². The van der Waals surface area contributed by atoms with E-state index >= 15 is 0 Å². The fourth-order valence-electron chi connectivity index (χ4n) is 3.99. The smallest absolute Gasteiger partial charge is 0.326 e. The summed E-state index contributed by atoms with van der Waals surface area (Å²) < 4.78 is 0. The van der Waals surface area contributed by atoms with E-state index in [1.54, 1.807) is 26.0 Å². The van der Waals surface area contributed by atoms with Crippen LogP contribution in [0.2, 0.25) is 0 Å². The van der Waals surface area contributed by atoms with Gasteiger partial charge in [0.15, 0.2) is 0 Å². The van der Waals surface area contributed by atoms with Gasteiger partial charge in [0.05, 0.1) is 6.42 Å². The minimum atomic E-state index is -1.60. The van der Waals surface area contributed by atoms with Crippen LogP contribution in [-0.2, 0) is 25.7 Å². The Balaban J connectivity index is 2.12. The normalized spacial score (nSPS) is 17.2. The average Bonchev–Trinajstić information content (AvgIpc) is 3.26. The number of likely N-dealkylation sites (tertiary alicyclic amines) is 1. The van der Waals surface area contributed by atoms with Gasteiger partial charge in [-0.1, -0.05) is 26.0 Å². The van der Waals surface area contributed by atoms with Gasteiger partial charge in [0.25, 0.3) is 5.91 Å². The van der Waals surface area contributed by atoms with Crippen molar-refractivity contribution in [1.29, 1.82) is 0 Å². The van der Waals surface area contributed by atoms with Gasteiger partial charge in [-0.3, -0.25) is 19.2 Å². The number of nitrogens with zero attached hydrogens (tertiary/aromatic N) is 2. The molecule has 1 aromatic carbocycles. The molecular weight excluding hydrogens is 456 g/mol. The van der Waals surface area contributed by atoms with E-state index in [0.717, 1.165) is 12.1 Å². The lowest BCUT2D eigenvalue weighted by molar-refractivity contribution is -0.148. The van der Waals surface area contributed by atoms with Gasteiger partial charge in [0, 0.05) is 18.7 Å². The third-order valence-corrected chi connectivity index (χ3v) is 5.77. The monoisotopic (exact) mass is 490 g/mol. The number of aliphatic carboxylic acids is 2. The average molecular weight is 491 g/mol. The van der Waals surface area contributed by atoms with Crippen LogP contribution in [0.1, 0.15) is 49.0 Å². The second kappa shape index (κ2) is 12.3. The maximum atomic E-state index is 13.4. The molecule has 1 aromatic rings. The number of carboxylic acids is 2. The summed E-state index contributed by atoms with van der Waals surface area (Å²) in [5, 5.41) is 23.1. The van der Waals surface area contributed by atoms with E-state index in [-0.39, 0.29) is 12.5 Å². The van der Waals surface area contributed by atoms with Gasteiger partial charge in [-0.2, -0.15) is 0 Å². The summed E-state index contributed by atoms with van der Waals surface area (Å²) in [5.74, 6) is -4.70. The molecule has 3 atom stereocenters. The molecule has 0 spiro atoms. The van der Waals surface area contributed by atoms with Crippen LogP contribution in [0.4, 0.5) is 0 Å². The Labute approximate surface area is 204 Å². The second-order valence-electron chi connectivity index (χ2n) is 9.32. The SMILES string of the molecule is CC(C)[C@H](NC(=O)c1ccc(CN(C)C)cc1)C(=O)N1CCC[C@H]1C(=O)N[C@@H](CC(=O)O)C(=O)O. The minimum Gasteiger partial charge on any atom is -0.481 e. The van der Waals surface area contributed by atoms with Crippen LogP contribution in [0.25, 0.3) is 0 Å². The first-order valence-corrected chi connectivity index (χ1v) is 11.5. The van der Waals surface area contributed by atoms with Gasteiger partial charge in [0.1, 0.15) is 18.1 Å². The molecule has 0 aliphatic carbocycles. The molecule has 11 nitrogen and oxygen atoms in total. The molecule has 1 saturated heterocycles. The molecular formula is C24H34N4O7. The molecule has 0 aromatic heterocycles. The van der Waals surface area contributed by atoms with Crippen molar-refractivity contribution in [1.82, 2.24) is 20.4 Å². The number of amides is 3. The van der Waals surface area contributed by atoms with Crippen molar-refractivity contribution in [3.05, 3.63) is 35.4 Å². The number of hydrogen-bond donors (Lipinski definition) is 4. The third kappa shape index (κ3) is 7.78.